The van der Waals surface area contributed by atoms with Crippen molar-refractivity contribution in [1.29, 1.82) is 0 Å². The number of hydrogen-bond acceptors (Lipinski definition) is 4. The Hall–Kier alpha value is -1.49. The first-order valence-corrected chi connectivity index (χ1v) is 7.98. The molecule has 0 radical (unpaired) electrons. The second-order valence-corrected chi connectivity index (χ2v) is 6.92. The van der Waals surface area contributed by atoms with Crippen LogP contribution in [0.4, 0.5) is 5.13 Å². The molecule has 0 spiro atoms. The summed E-state index contributed by atoms with van der Waals surface area (Å²) in [6.45, 7) is 0. The maximum atomic E-state index is 5.93. The first kappa shape index (κ1) is 13.5. The molecule has 1 heterocycles. The number of anilines is 1. The summed E-state index contributed by atoms with van der Waals surface area (Å²) in [5.41, 5.74) is 7.81. The van der Waals surface area contributed by atoms with Crippen molar-refractivity contribution in [2.75, 3.05) is 5.73 Å². The van der Waals surface area contributed by atoms with Crippen molar-refractivity contribution in [3.05, 3.63) is 59.6 Å². The number of halogens is 1. The van der Waals surface area contributed by atoms with Gasteiger partial charge in [-0.3, -0.25) is 0 Å². The fraction of sp³-hybridized carbons (Fsp3) is 0. The van der Waals surface area contributed by atoms with E-state index in [0.717, 1.165) is 15.5 Å². The van der Waals surface area contributed by atoms with Gasteiger partial charge < -0.3 is 5.73 Å². The summed E-state index contributed by atoms with van der Waals surface area (Å²) in [7, 11) is 0. The Morgan fingerprint density at radius 1 is 1.00 bits per heavy atom. The molecule has 0 saturated heterocycles. The molecule has 2 nitrogen and oxygen atoms in total. The highest BCUT2D eigenvalue weighted by Crippen LogP contribution is 2.41. The predicted octanol–water partition coefficient (Wildman–Crippen LogP) is 5.20. The second-order valence-electron chi connectivity index (χ2n) is 4.11. The fourth-order valence-corrected chi connectivity index (χ4v) is 3.97. The average Bonchev–Trinajstić information content (AvgIpc) is 2.81. The quantitative estimate of drug-likeness (QED) is 0.721. The Morgan fingerprint density at radius 2 is 1.70 bits per heavy atom. The van der Waals surface area contributed by atoms with Gasteiger partial charge in [0.1, 0.15) is 0 Å². The van der Waals surface area contributed by atoms with E-state index in [1.54, 1.807) is 11.8 Å². The lowest BCUT2D eigenvalue weighted by atomic mass is 10.2. The van der Waals surface area contributed by atoms with E-state index in [-0.39, 0.29) is 0 Å². The zero-order valence-electron chi connectivity index (χ0n) is 10.4. The number of thiazole rings is 1. The summed E-state index contributed by atoms with van der Waals surface area (Å²) in [5, 5.41) is 1.29. The molecule has 0 aliphatic heterocycles. The number of nitrogens with two attached hydrogens (primary N) is 1. The van der Waals surface area contributed by atoms with Crippen LogP contribution in [0.25, 0.3) is 11.3 Å². The Labute approximate surface area is 130 Å². The van der Waals surface area contributed by atoms with Gasteiger partial charge in [0.25, 0.3) is 0 Å². The molecule has 2 N–H and O–H groups in total. The van der Waals surface area contributed by atoms with Crippen LogP contribution in [0.5, 0.6) is 0 Å². The van der Waals surface area contributed by atoms with Gasteiger partial charge in [-0.2, -0.15) is 0 Å². The van der Waals surface area contributed by atoms with Crippen molar-refractivity contribution < 1.29 is 0 Å². The van der Waals surface area contributed by atoms with E-state index in [1.165, 1.54) is 16.2 Å². The first-order valence-electron chi connectivity index (χ1n) is 5.97. The highest BCUT2D eigenvalue weighted by atomic mass is 35.5. The van der Waals surface area contributed by atoms with Gasteiger partial charge in [0.05, 0.1) is 9.90 Å². The van der Waals surface area contributed by atoms with Crippen LogP contribution in [0.2, 0.25) is 5.02 Å². The molecule has 0 saturated carbocycles. The number of nitrogens with zero attached hydrogens (tertiary/aromatic N) is 1. The van der Waals surface area contributed by atoms with Crippen LogP contribution in [0.3, 0.4) is 0 Å². The first-order chi connectivity index (χ1) is 9.72. The van der Waals surface area contributed by atoms with E-state index in [2.05, 4.69) is 17.1 Å². The second kappa shape index (κ2) is 5.87. The molecule has 2 aromatic carbocycles. The molecule has 0 aliphatic carbocycles. The molecule has 0 fully saturated rings. The summed E-state index contributed by atoms with van der Waals surface area (Å²) in [6, 6.07) is 17.9. The van der Waals surface area contributed by atoms with Crippen molar-refractivity contribution in [2.45, 2.75) is 9.10 Å². The molecule has 3 rings (SSSR count). The van der Waals surface area contributed by atoms with Crippen LogP contribution in [-0.4, -0.2) is 4.98 Å². The number of aromatic nitrogens is 1. The molecular weight excluding hydrogens is 308 g/mol. The van der Waals surface area contributed by atoms with Crippen LogP contribution >= 0.6 is 34.7 Å². The molecular formula is C15H11ClN2S2. The molecule has 0 atom stereocenters. The molecule has 0 bridgehead atoms. The zero-order chi connectivity index (χ0) is 13.9. The van der Waals surface area contributed by atoms with Gasteiger partial charge in [0.15, 0.2) is 5.13 Å². The van der Waals surface area contributed by atoms with Gasteiger partial charge in [-0.25, -0.2) is 4.98 Å². The van der Waals surface area contributed by atoms with Crippen molar-refractivity contribution in [3.8, 4) is 11.3 Å². The molecule has 20 heavy (non-hydrogen) atoms. The number of rotatable bonds is 3. The molecule has 5 heteroatoms. The summed E-state index contributed by atoms with van der Waals surface area (Å²) in [4.78, 5) is 5.61. The monoisotopic (exact) mass is 318 g/mol. The third-order valence-corrected chi connectivity index (χ3v) is 5.00. The molecule has 100 valence electrons. The highest BCUT2D eigenvalue weighted by molar-refractivity contribution is 8.01. The normalized spacial score (nSPS) is 10.7. The van der Waals surface area contributed by atoms with Crippen LogP contribution in [0.1, 0.15) is 0 Å². The lowest BCUT2D eigenvalue weighted by molar-refractivity contribution is 1.36. The number of nitrogen functional groups attached to an aromatic ring is 1. The summed E-state index contributed by atoms with van der Waals surface area (Å²) < 4.78 is 1.09. The lowest BCUT2D eigenvalue weighted by Crippen LogP contribution is -1.83. The predicted molar refractivity (Wildman–Crippen MR) is 87.5 cm³/mol. The maximum absolute atomic E-state index is 5.93. The Balaban J connectivity index is 1.98. The van der Waals surface area contributed by atoms with E-state index >= 15 is 0 Å². The Kier molecular flexibility index (Phi) is 3.96. The summed E-state index contributed by atoms with van der Waals surface area (Å²) in [5.74, 6) is 0. The molecule has 1 aromatic heterocycles. The van der Waals surface area contributed by atoms with E-state index in [1.807, 2.05) is 42.5 Å². The van der Waals surface area contributed by atoms with E-state index < -0.39 is 0 Å². The minimum absolute atomic E-state index is 0.577. The Bertz CT molecular complexity index is 708. The third kappa shape index (κ3) is 2.98. The van der Waals surface area contributed by atoms with E-state index in [4.69, 9.17) is 17.3 Å². The maximum Gasteiger partial charge on any atom is 0.181 e. The average molecular weight is 319 g/mol. The smallest absolute Gasteiger partial charge is 0.181 e. The van der Waals surface area contributed by atoms with Gasteiger partial charge in [0.2, 0.25) is 0 Å². The summed E-state index contributed by atoms with van der Waals surface area (Å²) >= 11 is 9.11. The van der Waals surface area contributed by atoms with Crippen molar-refractivity contribution >= 4 is 39.8 Å². The fourth-order valence-electron chi connectivity index (χ4n) is 1.78. The molecule has 0 amide bonds. The molecule has 0 aliphatic rings. The van der Waals surface area contributed by atoms with Gasteiger partial charge in [-0.05, 0) is 24.3 Å². The van der Waals surface area contributed by atoms with Crippen LogP contribution in [0.15, 0.2) is 63.7 Å². The topological polar surface area (TPSA) is 38.9 Å². The van der Waals surface area contributed by atoms with Crippen LogP contribution < -0.4 is 5.73 Å². The van der Waals surface area contributed by atoms with E-state index in [0.29, 0.717) is 10.2 Å². The van der Waals surface area contributed by atoms with Crippen molar-refractivity contribution in [1.82, 2.24) is 4.98 Å². The minimum Gasteiger partial charge on any atom is -0.375 e. The van der Waals surface area contributed by atoms with Crippen molar-refractivity contribution in [2.24, 2.45) is 0 Å². The third-order valence-electron chi connectivity index (χ3n) is 2.68. The van der Waals surface area contributed by atoms with E-state index in [9.17, 15) is 0 Å². The van der Waals surface area contributed by atoms with Crippen LogP contribution in [0, 0.1) is 0 Å². The van der Waals surface area contributed by atoms with Gasteiger partial charge in [-0.1, -0.05) is 65.0 Å². The zero-order valence-corrected chi connectivity index (χ0v) is 12.8. The Morgan fingerprint density at radius 3 is 2.40 bits per heavy atom. The summed E-state index contributed by atoms with van der Waals surface area (Å²) in [6.07, 6.45) is 0. The van der Waals surface area contributed by atoms with Gasteiger partial charge >= 0.3 is 0 Å². The standard InChI is InChI=1S/C15H11ClN2S2/c16-11-8-6-10(7-9-11)13-14(20-15(17)18-13)19-12-4-2-1-3-5-12/h1-9H,(H2,17,18). The molecule has 3 aromatic rings. The lowest BCUT2D eigenvalue weighted by Gasteiger charge is -2.02. The minimum atomic E-state index is 0.577. The number of hydrogen-bond donors (Lipinski definition) is 1. The highest BCUT2D eigenvalue weighted by Gasteiger charge is 2.13. The molecule has 0 unspecified atom stereocenters. The SMILES string of the molecule is Nc1nc(-c2ccc(Cl)cc2)c(Sc2ccccc2)s1. The van der Waals surface area contributed by atoms with Crippen molar-refractivity contribution in [3.63, 3.8) is 0 Å². The van der Waals surface area contributed by atoms with Gasteiger partial charge in [0, 0.05) is 15.5 Å². The largest absolute Gasteiger partial charge is 0.375 e. The number of benzene rings is 2. The van der Waals surface area contributed by atoms with Crippen LogP contribution in [-0.2, 0) is 0 Å². The van der Waals surface area contributed by atoms with Gasteiger partial charge in [-0.15, -0.1) is 0 Å².